The molecule has 3 amide bonds. The van der Waals surface area contributed by atoms with Crippen molar-refractivity contribution in [1.82, 2.24) is 4.90 Å². The van der Waals surface area contributed by atoms with Gasteiger partial charge in [0.25, 0.3) is 17.7 Å². The number of amides is 3. The molecule has 2 aromatic carbocycles. The fraction of sp³-hybridized carbons (Fsp3) is 0.318. The summed E-state index contributed by atoms with van der Waals surface area (Å²) in [4.78, 5) is 41.1. The molecule has 0 radical (unpaired) electrons. The van der Waals surface area contributed by atoms with E-state index in [0.29, 0.717) is 28.3 Å². The van der Waals surface area contributed by atoms with E-state index in [9.17, 15) is 14.4 Å². The van der Waals surface area contributed by atoms with Crippen molar-refractivity contribution in [3.63, 3.8) is 0 Å². The van der Waals surface area contributed by atoms with Crippen molar-refractivity contribution in [2.24, 2.45) is 5.92 Å². The highest BCUT2D eigenvalue weighted by Gasteiger charge is 2.36. The predicted molar refractivity (Wildman–Crippen MR) is 103 cm³/mol. The van der Waals surface area contributed by atoms with Crippen molar-refractivity contribution in [2.45, 2.75) is 26.2 Å². The Balaban J connectivity index is 1.55. The number of nitrogens with zero attached hydrogens (tertiary/aromatic N) is 2. The summed E-state index contributed by atoms with van der Waals surface area (Å²) in [6, 6.07) is 13.6. The van der Waals surface area contributed by atoms with Crippen molar-refractivity contribution in [3.05, 3.63) is 65.2 Å². The SMILES string of the molecule is CCCN(CC1CC1)C(=O)c1ccc(N2C(=O)c3ccccc3C2=O)cc1. The summed E-state index contributed by atoms with van der Waals surface area (Å²) >= 11 is 0. The van der Waals surface area contributed by atoms with E-state index in [-0.39, 0.29) is 17.7 Å². The standard InChI is InChI=1S/C22H22N2O3/c1-2-13-23(14-15-7-8-15)20(25)16-9-11-17(12-10-16)24-21(26)18-5-3-4-6-19(18)22(24)27/h3-6,9-12,15H,2,7-8,13-14H2,1H3. The topological polar surface area (TPSA) is 57.7 Å². The van der Waals surface area contributed by atoms with E-state index in [1.807, 2.05) is 4.90 Å². The highest BCUT2D eigenvalue weighted by molar-refractivity contribution is 6.34. The Morgan fingerprint density at radius 3 is 2.11 bits per heavy atom. The van der Waals surface area contributed by atoms with Crippen LogP contribution in [-0.2, 0) is 0 Å². The van der Waals surface area contributed by atoms with Gasteiger partial charge in [0.05, 0.1) is 16.8 Å². The molecule has 1 heterocycles. The van der Waals surface area contributed by atoms with Crippen molar-refractivity contribution in [2.75, 3.05) is 18.0 Å². The van der Waals surface area contributed by atoms with Gasteiger partial charge in [-0.15, -0.1) is 0 Å². The second kappa shape index (κ2) is 6.99. The summed E-state index contributed by atoms with van der Waals surface area (Å²) in [6.07, 6.45) is 3.32. The summed E-state index contributed by atoms with van der Waals surface area (Å²) in [5, 5.41) is 0. The van der Waals surface area contributed by atoms with Crippen molar-refractivity contribution in [3.8, 4) is 0 Å². The second-order valence-corrected chi connectivity index (χ2v) is 7.23. The first-order chi connectivity index (χ1) is 13.1. The smallest absolute Gasteiger partial charge is 0.266 e. The molecule has 0 N–H and O–H groups in total. The normalized spacial score (nSPS) is 15.8. The summed E-state index contributed by atoms with van der Waals surface area (Å²) < 4.78 is 0. The Morgan fingerprint density at radius 1 is 1.00 bits per heavy atom. The summed E-state index contributed by atoms with van der Waals surface area (Å²) in [6.45, 7) is 3.63. The molecule has 0 spiro atoms. The van der Waals surface area contributed by atoms with Gasteiger partial charge in [0.15, 0.2) is 0 Å². The van der Waals surface area contributed by atoms with Crippen molar-refractivity contribution in [1.29, 1.82) is 0 Å². The van der Waals surface area contributed by atoms with Gasteiger partial charge >= 0.3 is 0 Å². The van der Waals surface area contributed by atoms with E-state index < -0.39 is 0 Å². The molecule has 2 aliphatic rings. The summed E-state index contributed by atoms with van der Waals surface area (Å²) in [7, 11) is 0. The van der Waals surface area contributed by atoms with E-state index in [0.717, 1.165) is 19.5 Å². The van der Waals surface area contributed by atoms with Gasteiger partial charge in [-0.05, 0) is 61.6 Å². The van der Waals surface area contributed by atoms with Gasteiger partial charge in [0, 0.05) is 18.7 Å². The maximum Gasteiger partial charge on any atom is 0.266 e. The third kappa shape index (κ3) is 3.25. The lowest BCUT2D eigenvalue weighted by atomic mass is 10.1. The molecule has 0 unspecified atom stereocenters. The fourth-order valence-electron chi connectivity index (χ4n) is 3.52. The minimum Gasteiger partial charge on any atom is -0.338 e. The molecule has 1 aliphatic heterocycles. The van der Waals surface area contributed by atoms with E-state index in [1.165, 1.54) is 17.7 Å². The van der Waals surface area contributed by atoms with Gasteiger partial charge in [0.1, 0.15) is 0 Å². The number of fused-ring (bicyclic) bond motifs is 1. The number of hydrogen-bond acceptors (Lipinski definition) is 3. The van der Waals surface area contributed by atoms with Crippen LogP contribution in [0.2, 0.25) is 0 Å². The molecule has 5 nitrogen and oxygen atoms in total. The largest absolute Gasteiger partial charge is 0.338 e. The zero-order valence-corrected chi connectivity index (χ0v) is 15.4. The Labute approximate surface area is 158 Å². The first kappa shape index (κ1) is 17.5. The molecule has 1 saturated carbocycles. The molecule has 0 bridgehead atoms. The molecule has 5 heteroatoms. The molecule has 2 aromatic rings. The Morgan fingerprint density at radius 2 is 1.59 bits per heavy atom. The molecule has 4 rings (SSSR count). The fourth-order valence-corrected chi connectivity index (χ4v) is 3.52. The minimum atomic E-state index is -0.323. The highest BCUT2D eigenvalue weighted by Crippen LogP contribution is 2.31. The van der Waals surface area contributed by atoms with Crippen molar-refractivity contribution < 1.29 is 14.4 Å². The predicted octanol–water partition coefficient (Wildman–Crippen LogP) is 3.75. The molecule has 0 atom stereocenters. The van der Waals surface area contributed by atoms with Gasteiger partial charge in [0.2, 0.25) is 0 Å². The average molecular weight is 362 g/mol. The molecule has 27 heavy (non-hydrogen) atoms. The number of imide groups is 1. The number of anilines is 1. The Hall–Kier alpha value is -2.95. The highest BCUT2D eigenvalue weighted by atomic mass is 16.2. The van der Waals surface area contributed by atoms with E-state index in [4.69, 9.17) is 0 Å². The Kier molecular flexibility index (Phi) is 4.52. The van der Waals surface area contributed by atoms with E-state index in [1.54, 1.807) is 48.5 Å². The van der Waals surface area contributed by atoms with Crippen LogP contribution >= 0.6 is 0 Å². The van der Waals surface area contributed by atoms with Crippen LogP contribution in [0, 0.1) is 5.92 Å². The molecular formula is C22H22N2O3. The molecule has 1 aliphatic carbocycles. The first-order valence-electron chi connectivity index (χ1n) is 9.47. The lowest BCUT2D eigenvalue weighted by Crippen LogP contribution is -2.33. The molecule has 138 valence electrons. The average Bonchev–Trinajstić information content (AvgIpc) is 3.47. The number of carbonyl (C=O) groups excluding carboxylic acids is 3. The third-order valence-electron chi connectivity index (χ3n) is 5.12. The minimum absolute atomic E-state index is 0.0117. The van der Waals surface area contributed by atoms with Crippen LogP contribution in [-0.4, -0.2) is 35.7 Å². The Bertz CT molecular complexity index is 865. The van der Waals surface area contributed by atoms with Crippen molar-refractivity contribution >= 4 is 23.4 Å². The van der Waals surface area contributed by atoms with Crippen LogP contribution in [0.5, 0.6) is 0 Å². The number of hydrogen-bond donors (Lipinski definition) is 0. The van der Waals surface area contributed by atoms with E-state index in [2.05, 4.69) is 6.92 Å². The van der Waals surface area contributed by atoms with Gasteiger partial charge in [-0.25, -0.2) is 4.90 Å². The lowest BCUT2D eigenvalue weighted by molar-refractivity contribution is 0.0747. The van der Waals surface area contributed by atoms with Crippen LogP contribution in [0.25, 0.3) is 0 Å². The molecule has 0 saturated heterocycles. The van der Waals surface area contributed by atoms with Crippen LogP contribution in [0.3, 0.4) is 0 Å². The summed E-state index contributed by atoms with van der Waals surface area (Å²) in [5.74, 6) is 0.00261. The first-order valence-corrected chi connectivity index (χ1v) is 9.47. The van der Waals surface area contributed by atoms with E-state index >= 15 is 0 Å². The zero-order valence-electron chi connectivity index (χ0n) is 15.4. The molecule has 1 fully saturated rings. The van der Waals surface area contributed by atoms with Gasteiger partial charge in [-0.1, -0.05) is 19.1 Å². The van der Waals surface area contributed by atoms with Gasteiger partial charge < -0.3 is 4.90 Å². The number of carbonyl (C=O) groups is 3. The van der Waals surface area contributed by atoms with Gasteiger partial charge in [-0.3, -0.25) is 14.4 Å². The third-order valence-corrected chi connectivity index (χ3v) is 5.12. The lowest BCUT2D eigenvalue weighted by Gasteiger charge is -2.22. The van der Waals surface area contributed by atoms with Crippen LogP contribution < -0.4 is 4.90 Å². The monoisotopic (exact) mass is 362 g/mol. The maximum absolute atomic E-state index is 12.8. The van der Waals surface area contributed by atoms with Crippen LogP contribution in [0.15, 0.2) is 48.5 Å². The second-order valence-electron chi connectivity index (χ2n) is 7.23. The molecule has 0 aromatic heterocycles. The van der Waals surface area contributed by atoms with Crippen LogP contribution in [0.4, 0.5) is 5.69 Å². The zero-order chi connectivity index (χ0) is 19.0. The van der Waals surface area contributed by atoms with Gasteiger partial charge in [-0.2, -0.15) is 0 Å². The quantitative estimate of drug-likeness (QED) is 0.736. The summed E-state index contributed by atoms with van der Waals surface area (Å²) in [5.41, 5.74) is 1.91. The molecular weight excluding hydrogens is 340 g/mol. The van der Waals surface area contributed by atoms with Crippen LogP contribution in [0.1, 0.15) is 57.3 Å². The number of rotatable bonds is 6. The maximum atomic E-state index is 12.8. The number of benzene rings is 2.